The topological polar surface area (TPSA) is 64.2 Å². The first-order valence-corrected chi connectivity index (χ1v) is 12.0. The van der Waals surface area contributed by atoms with Gasteiger partial charge in [-0.2, -0.15) is 13.2 Å². The summed E-state index contributed by atoms with van der Waals surface area (Å²) in [6.45, 7) is 3.48. The highest BCUT2D eigenvalue weighted by molar-refractivity contribution is 7.99. The maximum absolute atomic E-state index is 13.9. The number of thioether (sulfide) groups is 1. The Hall–Kier alpha value is -2.07. The molecule has 1 fully saturated rings. The molecular formula is C23H24ClF3N4OS. The van der Waals surface area contributed by atoms with E-state index in [1.165, 1.54) is 17.0 Å². The average Bonchev–Trinajstić information content (AvgIpc) is 3.15. The molecule has 0 amide bonds. The van der Waals surface area contributed by atoms with Crippen LogP contribution in [0.3, 0.4) is 0 Å². The first kappa shape index (κ1) is 24.1. The van der Waals surface area contributed by atoms with E-state index in [9.17, 15) is 18.0 Å². The Labute approximate surface area is 198 Å². The van der Waals surface area contributed by atoms with Crippen LogP contribution >= 0.6 is 23.4 Å². The number of likely N-dealkylation sites (tertiary alicyclic amines) is 1. The standard InChI is InChI=1S/C23H24ClF3N4OS/c1-2-33-21-4-3-16(24)7-15(21)11-31-13-29-20-8-14(10-30-6-5-17(28)12-30)19(23(25,26)27)9-18(20)22(31)32/h3-4,7-9,13,17H,2,5-6,10-12,28H2,1H3/t17-/m1/s1. The third-order valence-electron chi connectivity index (χ3n) is 5.72. The van der Waals surface area contributed by atoms with E-state index >= 15 is 0 Å². The van der Waals surface area contributed by atoms with E-state index in [2.05, 4.69) is 4.98 Å². The maximum atomic E-state index is 13.9. The van der Waals surface area contributed by atoms with Crippen LogP contribution in [0.1, 0.15) is 30.0 Å². The SMILES string of the molecule is CCSc1ccc(Cl)cc1Cn1cnc2cc(CN3CC[C@@H](N)C3)c(C(F)(F)F)cc2c1=O. The second-order valence-corrected chi connectivity index (χ2v) is 9.91. The van der Waals surface area contributed by atoms with Gasteiger partial charge in [0, 0.05) is 35.6 Å². The molecule has 1 aromatic heterocycles. The number of rotatable bonds is 6. The van der Waals surface area contributed by atoms with Crippen LogP contribution in [0, 0.1) is 0 Å². The van der Waals surface area contributed by atoms with Gasteiger partial charge in [0.2, 0.25) is 0 Å². The van der Waals surface area contributed by atoms with Crippen molar-refractivity contribution in [3.63, 3.8) is 0 Å². The van der Waals surface area contributed by atoms with Gasteiger partial charge in [-0.15, -0.1) is 11.8 Å². The lowest BCUT2D eigenvalue weighted by molar-refractivity contribution is -0.138. The van der Waals surface area contributed by atoms with E-state index in [0.29, 0.717) is 18.1 Å². The fraction of sp³-hybridized carbons (Fsp3) is 0.391. The van der Waals surface area contributed by atoms with Crippen LogP contribution in [0.15, 0.2) is 46.3 Å². The van der Waals surface area contributed by atoms with Gasteiger partial charge in [-0.3, -0.25) is 14.3 Å². The number of hydrogen-bond donors (Lipinski definition) is 1. The zero-order valence-corrected chi connectivity index (χ0v) is 19.6. The number of hydrogen-bond acceptors (Lipinski definition) is 5. The molecule has 0 aliphatic carbocycles. The highest BCUT2D eigenvalue weighted by Gasteiger charge is 2.35. The Morgan fingerprint density at radius 3 is 2.67 bits per heavy atom. The lowest BCUT2D eigenvalue weighted by Gasteiger charge is -2.20. The Balaban J connectivity index is 1.75. The second-order valence-electron chi connectivity index (χ2n) is 8.17. The minimum atomic E-state index is -4.59. The Morgan fingerprint density at radius 1 is 1.21 bits per heavy atom. The van der Waals surface area contributed by atoms with Crippen LogP contribution in [-0.2, 0) is 19.3 Å². The van der Waals surface area contributed by atoms with Crippen LogP contribution in [0.2, 0.25) is 5.02 Å². The summed E-state index contributed by atoms with van der Waals surface area (Å²) in [5.41, 5.74) is 5.74. The third kappa shape index (κ3) is 5.37. The van der Waals surface area contributed by atoms with Crippen molar-refractivity contribution in [3.8, 4) is 0 Å². The molecule has 1 aliphatic rings. The van der Waals surface area contributed by atoms with Gasteiger partial charge in [0.25, 0.3) is 5.56 Å². The van der Waals surface area contributed by atoms with Crippen LogP contribution in [0.4, 0.5) is 13.2 Å². The summed E-state index contributed by atoms with van der Waals surface area (Å²) in [5, 5.41) is 0.469. The molecule has 4 rings (SSSR count). The van der Waals surface area contributed by atoms with Crippen molar-refractivity contribution in [3.05, 3.63) is 68.7 Å². The van der Waals surface area contributed by atoms with E-state index in [1.807, 2.05) is 17.9 Å². The molecule has 33 heavy (non-hydrogen) atoms. The van der Waals surface area contributed by atoms with Gasteiger partial charge in [0.1, 0.15) is 0 Å². The van der Waals surface area contributed by atoms with Crippen molar-refractivity contribution >= 4 is 34.3 Å². The maximum Gasteiger partial charge on any atom is 0.416 e. The van der Waals surface area contributed by atoms with Gasteiger partial charge in [-0.05, 0) is 53.6 Å². The van der Waals surface area contributed by atoms with E-state index in [-0.39, 0.29) is 35.6 Å². The molecule has 0 spiro atoms. The summed E-state index contributed by atoms with van der Waals surface area (Å²) in [5.74, 6) is 0.832. The number of aromatic nitrogens is 2. The lowest BCUT2D eigenvalue weighted by Crippen LogP contribution is -2.27. The van der Waals surface area contributed by atoms with Gasteiger partial charge in [0.15, 0.2) is 0 Å². The molecule has 1 atom stereocenters. The molecular weight excluding hydrogens is 473 g/mol. The predicted molar refractivity (Wildman–Crippen MR) is 126 cm³/mol. The molecule has 10 heteroatoms. The van der Waals surface area contributed by atoms with Crippen LogP contribution in [0.25, 0.3) is 10.9 Å². The number of halogens is 4. The fourth-order valence-corrected chi connectivity index (χ4v) is 5.13. The van der Waals surface area contributed by atoms with Gasteiger partial charge < -0.3 is 5.73 Å². The number of benzene rings is 2. The van der Waals surface area contributed by atoms with Gasteiger partial charge in [-0.25, -0.2) is 4.98 Å². The molecule has 2 N–H and O–H groups in total. The first-order valence-electron chi connectivity index (χ1n) is 10.6. The molecule has 1 saturated heterocycles. The summed E-state index contributed by atoms with van der Waals surface area (Å²) < 4.78 is 43.0. The van der Waals surface area contributed by atoms with Gasteiger partial charge in [0.05, 0.1) is 29.3 Å². The van der Waals surface area contributed by atoms with Crippen LogP contribution < -0.4 is 11.3 Å². The largest absolute Gasteiger partial charge is 0.416 e. The van der Waals surface area contributed by atoms with Gasteiger partial charge >= 0.3 is 6.18 Å². The Kier molecular flexibility index (Phi) is 7.04. The minimum Gasteiger partial charge on any atom is -0.326 e. The third-order valence-corrected chi connectivity index (χ3v) is 6.95. The van der Waals surface area contributed by atoms with Crippen molar-refractivity contribution < 1.29 is 13.2 Å². The number of nitrogens with two attached hydrogens (primary N) is 1. The number of nitrogens with zero attached hydrogens (tertiary/aromatic N) is 3. The average molecular weight is 497 g/mol. The van der Waals surface area contributed by atoms with Crippen LogP contribution in [-0.4, -0.2) is 39.3 Å². The Morgan fingerprint density at radius 2 is 2.00 bits per heavy atom. The van der Waals surface area contributed by atoms with Crippen molar-refractivity contribution in [2.24, 2.45) is 5.73 Å². The normalized spacial score (nSPS) is 17.2. The van der Waals surface area contributed by atoms with E-state index < -0.39 is 17.3 Å². The number of fused-ring (bicyclic) bond motifs is 1. The molecule has 0 radical (unpaired) electrons. The molecule has 3 aromatic rings. The molecule has 2 heterocycles. The number of alkyl halides is 3. The summed E-state index contributed by atoms with van der Waals surface area (Å²) in [7, 11) is 0. The molecule has 176 valence electrons. The predicted octanol–water partition coefficient (Wildman–Crippen LogP) is 4.76. The van der Waals surface area contributed by atoms with Crippen molar-refractivity contribution in [2.75, 3.05) is 18.8 Å². The van der Waals surface area contributed by atoms with Gasteiger partial charge in [-0.1, -0.05) is 18.5 Å². The summed E-state index contributed by atoms with van der Waals surface area (Å²) >= 11 is 7.74. The molecule has 5 nitrogen and oxygen atoms in total. The van der Waals surface area contributed by atoms with E-state index in [4.69, 9.17) is 17.3 Å². The Bertz CT molecular complexity index is 1230. The van der Waals surface area contributed by atoms with E-state index in [0.717, 1.165) is 28.7 Å². The highest BCUT2D eigenvalue weighted by Crippen LogP contribution is 2.35. The fourth-order valence-electron chi connectivity index (χ4n) is 4.15. The zero-order valence-electron chi connectivity index (χ0n) is 18.0. The molecule has 0 bridgehead atoms. The smallest absolute Gasteiger partial charge is 0.326 e. The molecule has 0 saturated carbocycles. The zero-order chi connectivity index (χ0) is 23.8. The minimum absolute atomic E-state index is 0.0348. The molecule has 0 unspecified atom stereocenters. The van der Waals surface area contributed by atoms with E-state index in [1.54, 1.807) is 23.9 Å². The molecule has 1 aliphatic heterocycles. The van der Waals surface area contributed by atoms with Crippen LogP contribution in [0.5, 0.6) is 0 Å². The highest BCUT2D eigenvalue weighted by atomic mass is 35.5. The second kappa shape index (κ2) is 9.66. The summed E-state index contributed by atoms with van der Waals surface area (Å²) in [6, 6.07) is 7.70. The first-order chi connectivity index (χ1) is 15.7. The lowest BCUT2D eigenvalue weighted by atomic mass is 10.0. The van der Waals surface area contributed by atoms with Crippen molar-refractivity contribution in [2.45, 2.75) is 43.5 Å². The van der Waals surface area contributed by atoms with Crippen molar-refractivity contribution in [1.82, 2.24) is 14.5 Å². The summed E-state index contributed by atoms with van der Waals surface area (Å²) in [4.78, 5) is 20.3. The van der Waals surface area contributed by atoms with Crippen molar-refractivity contribution in [1.29, 1.82) is 0 Å². The quantitative estimate of drug-likeness (QED) is 0.498. The monoisotopic (exact) mass is 496 g/mol. The molecule has 2 aromatic carbocycles. The summed E-state index contributed by atoms with van der Waals surface area (Å²) in [6.07, 6.45) is -2.45.